The Labute approximate surface area is 143 Å². The van der Waals surface area contributed by atoms with E-state index in [-0.39, 0.29) is 30.7 Å². The Balaban J connectivity index is 0.00000200. The summed E-state index contributed by atoms with van der Waals surface area (Å²) >= 11 is 1.73. The van der Waals surface area contributed by atoms with Crippen LogP contribution in [0.5, 0.6) is 0 Å². The first kappa shape index (κ1) is 20.6. The Hall–Kier alpha value is -0.360. The zero-order chi connectivity index (χ0) is 14.0. The van der Waals surface area contributed by atoms with E-state index in [1.807, 2.05) is 4.90 Å². The van der Waals surface area contributed by atoms with E-state index in [0.717, 1.165) is 31.6 Å². The smallest absolute Gasteiger partial charge is 0.239 e. The number of aromatic nitrogens is 1. The Morgan fingerprint density at radius 1 is 1.43 bits per heavy atom. The summed E-state index contributed by atoms with van der Waals surface area (Å²) in [7, 11) is 0. The first-order chi connectivity index (χ1) is 8.99. The molecular weight excluding hydrogens is 329 g/mol. The second kappa shape index (κ2) is 8.93. The third-order valence-electron chi connectivity index (χ3n) is 3.60. The summed E-state index contributed by atoms with van der Waals surface area (Å²) in [6.45, 7) is 7.67. The quantitative estimate of drug-likeness (QED) is 0.907. The highest BCUT2D eigenvalue weighted by atomic mass is 35.5. The van der Waals surface area contributed by atoms with Crippen molar-refractivity contribution in [1.29, 1.82) is 0 Å². The van der Waals surface area contributed by atoms with Crippen molar-refractivity contribution in [2.24, 2.45) is 5.73 Å². The molecule has 0 aromatic carbocycles. The third-order valence-corrected chi connectivity index (χ3v) is 4.63. The molecule has 0 radical (unpaired) electrons. The zero-order valence-corrected chi connectivity index (χ0v) is 15.2. The van der Waals surface area contributed by atoms with Gasteiger partial charge in [-0.2, -0.15) is 0 Å². The molecule has 1 fully saturated rings. The van der Waals surface area contributed by atoms with Gasteiger partial charge < -0.3 is 10.6 Å². The first-order valence-electron chi connectivity index (χ1n) is 6.98. The van der Waals surface area contributed by atoms with Crippen LogP contribution in [0.15, 0.2) is 5.38 Å². The van der Waals surface area contributed by atoms with Gasteiger partial charge in [0.1, 0.15) is 0 Å². The molecular formula is C14H25Cl2N3OS. The number of amides is 1. The van der Waals surface area contributed by atoms with E-state index in [0.29, 0.717) is 11.8 Å². The molecule has 1 aliphatic rings. The molecule has 2 heterocycles. The molecule has 1 unspecified atom stereocenters. The number of likely N-dealkylation sites (tertiary alicyclic amines) is 1. The van der Waals surface area contributed by atoms with Crippen LogP contribution in [0, 0.1) is 0 Å². The summed E-state index contributed by atoms with van der Waals surface area (Å²) in [4.78, 5) is 18.6. The molecule has 0 aliphatic carbocycles. The van der Waals surface area contributed by atoms with Gasteiger partial charge in [0.15, 0.2) is 0 Å². The minimum atomic E-state index is -0.402. The van der Waals surface area contributed by atoms with Crippen molar-refractivity contribution < 1.29 is 4.79 Å². The van der Waals surface area contributed by atoms with Crippen LogP contribution in [-0.4, -0.2) is 34.9 Å². The average molecular weight is 354 g/mol. The number of thiazole rings is 1. The van der Waals surface area contributed by atoms with Crippen molar-refractivity contribution in [3.8, 4) is 0 Å². The Morgan fingerprint density at radius 2 is 2.10 bits per heavy atom. The Kier molecular flexibility index (Phi) is 8.78. The summed E-state index contributed by atoms with van der Waals surface area (Å²) in [5.74, 6) is 0.912. The van der Waals surface area contributed by atoms with E-state index in [4.69, 9.17) is 10.7 Å². The summed E-state index contributed by atoms with van der Waals surface area (Å²) in [5, 5.41) is 3.32. The maximum Gasteiger partial charge on any atom is 0.239 e. The van der Waals surface area contributed by atoms with Crippen LogP contribution in [0.2, 0.25) is 0 Å². The molecule has 0 saturated carbocycles. The van der Waals surface area contributed by atoms with Gasteiger partial charge in [-0.15, -0.1) is 36.2 Å². The van der Waals surface area contributed by atoms with E-state index in [9.17, 15) is 4.79 Å². The molecule has 0 spiro atoms. The maximum absolute atomic E-state index is 12.0. The van der Waals surface area contributed by atoms with E-state index in [1.54, 1.807) is 18.3 Å². The van der Waals surface area contributed by atoms with Crippen molar-refractivity contribution in [2.75, 3.05) is 13.1 Å². The van der Waals surface area contributed by atoms with E-state index in [1.165, 1.54) is 5.01 Å². The molecule has 2 atom stereocenters. The molecule has 7 heteroatoms. The van der Waals surface area contributed by atoms with Gasteiger partial charge in [-0.25, -0.2) is 4.98 Å². The number of hydrogen-bond acceptors (Lipinski definition) is 4. The lowest BCUT2D eigenvalue weighted by Gasteiger charge is -2.32. The van der Waals surface area contributed by atoms with Gasteiger partial charge in [0, 0.05) is 24.4 Å². The lowest BCUT2D eigenvalue weighted by Crippen LogP contribution is -2.46. The number of carbonyl (C=O) groups is 1. The Morgan fingerprint density at radius 3 is 2.62 bits per heavy atom. The summed E-state index contributed by atoms with van der Waals surface area (Å²) in [6.07, 6.45) is 2.16. The van der Waals surface area contributed by atoms with Crippen LogP contribution in [0.1, 0.15) is 56.2 Å². The van der Waals surface area contributed by atoms with E-state index >= 15 is 0 Å². The maximum atomic E-state index is 12.0. The SMILES string of the molecule is CC(C)c1csc(C2CCCN(C(=O)[C@@H](C)N)C2)n1.Cl.Cl. The molecule has 1 saturated heterocycles. The number of rotatable bonds is 3. The van der Waals surface area contributed by atoms with Crippen molar-refractivity contribution in [2.45, 2.75) is 51.5 Å². The predicted molar refractivity (Wildman–Crippen MR) is 92.9 cm³/mol. The fourth-order valence-corrected chi connectivity index (χ4v) is 3.53. The van der Waals surface area contributed by atoms with Crippen molar-refractivity contribution >= 4 is 42.1 Å². The van der Waals surface area contributed by atoms with Crippen LogP contribution >= 0.6 is 36.2 Å². The monoisotopic (exact) mass is 353 g/mol. The largest absolute Gasteiger partial charge is 0.341 e. The molecule has 2 N–H and O–H groups in total. The molecule has 1 aromatic rings. The molecule has 4 nitrogen and oxygen atoms in total. The van der Waals surface area contributed by atoms with E-state index in [2.05, 4.69) is 19.2 Å². The number of hydrogen-bond donors (Lipinski definition) is 1. The number of nitrogens with zero attached hydrogens (tertiary/aromatic N) is 2. The minimum absolute atomic E-state index is 0. The fourth-order valence-electron chi connectivity index (χ4n) is 2.42. The van der Waals surface area contributed by atoms with Crippen LogP contribution in [0.3, 0.4) is 0 Å². The van der Waals surface area contributed by atoms with Gasteiger partial charge in [0.2, 0.25) is 5.91 Å². The lowest BCUT2D eigenvalue weighted by atomic mass is 9.98. The third kappa shape index (κ3) is 5.09. The van der Waals surface area contributed by atoms with Gasteiger partial charge in [0.25, 0.3) is 0 Å². The van der Waals surface area contributed by atoms with Crippen molar-refractivity contribution in [3.05, 3.63) is 16.1 Å². The number of carbonyl (C=O) groups excluding carboxylic acids is 1. The summed E-state index contributed by atoms with van der Waals surface area (Å²) in [5.41, 5.74) is 6.85. The number of piperidine rings is 1. The highest BCUT2D eigenvalue weighted by molar-refractivity contribution is 7.09. The second-order valence-electron chi connectivity index (χ2n) is 5.68. The van der Waals surface area contributed by atoms with E-state index < -0.39 is 6.04 Å². The molecule has 2 rings (SSSR count). The molecule has 1 aliphatic heterocycles. The minimum Gasteiger partial charge on any atom is -0.341 e. The van der Waals surface area contributed by atoms with Gasteiger partial charge in [-0.05, 0) is 25.7 Å². The second-order valence-corrected chi connectivity index (χ2v) is 6.57. The van der Waals surface area contributed by atoms with Crippen molar-refractivity contribution in [1.82, 2.24) is 9.88 Å². The molecule has 1 aromatic heterocycles. The number of halogens is 2. The molecule has 0 bridgehead atoms. The molecule has 122 valence electrons. The van der Waals surface area contributed by atoms with Crippen LogP contribution in [-0.2, 0) is 4.79 Å². The van der Waals surface area contributed by atoms with Gasteiger partial charge in [0.05, 0.1) is 16.7 Å². The van der Waals surface area contributed by atoms with Gasteiger partial charge in [-0.1, -0.05) is 13.8 Å². The molecule has 21 heavy (non-hydrogen) atoms. The highest BCUT2D eigenvalue weighted by Gasteiger charge is 2.28. The zero-order valence-electron chi connectivity index (χ0n) is 12.7. The van der Waals surface area contributed by atoms with Crippen LogP contribution < -0.4 is 5.73 Å². The first-order valence-corrected chi connectivity index (χ1v) is 7.86. The summed E-state index contributed by atoms with van der Waals surface area (Å²) in [6, 6.07) is -0.402. The van der Waals surface area contributed by atoms with Gasteiger partial charge in [-0.3, -0.25) is 4.79 Å². The van der Waals surface area contributed by atoms with Crippen LogP contribution in [0.4, 0.5) is 0 Å². The summed E-state index contributed by atoms with van der Waals surface area (Å²) < 4.78 is 0. The lowest BCUT2D eigenvalue weighted by molar-refractivity contribution is -0.133. The predicted octanol–water partition coefficient (Wildman–Crippen LogP) is 3.16. The molecule has 1 amide bonds. The van der Waals surface area contributed by atoms with Crippen LogP contribution in [0.25, 0.3) is 0 Å². The van der Waals surface area contributed by atoms with Gasteiger partial charge >= 0.3 is 0 Å². The topological polar surface area (TPSA) is 59.2 Å². The normalized spacial score (nSPS) is 19.7. The number of nitrogens with two attached hydrogens (primary N) is 1. The standard InChI is InChI=1S/C14H23N3OS.2ClH/c1-9(2)12-8-19-13(16-12)11-5-4-6-17(7-11)14(18)10(3)15;;/h8-11H,4-7,15H2,1-3H3;2*1H/t10-,11?;;/m1../s1. The highest BCUT2D eigenvalue weighted by Crippen LogP contribution is 2.30. The van der Waals surface area contributed by atoms with Crippen molar-refractivity contribution in [3.63, 3.8) is 0 Å². The fraction of sp³-hybridized carbons (Fsp3) is 0.714. The average Bonchev–Trinajstić information content (AvgIpc) is 2.87. The Bertz CT molecular complexity index is 451.